The summed E-state index contributed by atoms with van der Waals surface area (Å²) in [6.07, 6.45) is 0. The molecule has 0 radical (unpaired) electrons. The lowest BCUT2D eigenvalue weighted by atomic mass is 10.2. The zero-order valence-corrected chi connectivity index (χ0v) is 12.7. The average Bonchev–Trinajstić information content (AvgIpc) is 2.42. The molecule has 1 amide bonds. The third-order valence-electron chi connectivity index (χ3n) is 3.74. The van der Waals surface area contributed by atoms with Gasteiger partial charge in [-0.1, -0.05) is 11.6 Å². The van der Waals surface area contributed by atoms with E-state index in [1.165, 1.54) is 0 Å². The van der Waals surface area contributed by atoms with Crippen LogP contribution in [0.4, 0.5) is 11.4 Å². The average molecular weight is 297 g/mol. The SMILES string of the molecule is CC(C(=O)Nc1ccc(Cl)cc1N)N1CCN(C)CC1. The summed E-state index contributed by atoms with van der Waals surface area (Å²) in [6, 6.07) is 4.91. The number of benzene rings is 1. The summed E-state index contributed by atoms with van der Waals surface area (Å²) >= 11 is 5.85. The van der Waals surface area contributed by atoms with E-state index in [0.717, 1.165) is 26.2 Å². The molecule has 0 saturated carbocycles. The Morgan fingerprint density at radius 3 is 2.60 bits per heavy atom. The quantitative estimate of drug-likeness (QED) is 0.830. The van der Waals surface area contributed by atoms with E-state index in [1.807, 2.05) is 6.92 Å². The molecule has 20 heavy (non-hydrogen) atoms. The first-order chi connectivity index (χ1) is 9.47. The van der Waals surface area contributed by atoms with Crippen LogP contribution in [0.25, 0.3) is 0 Å². The van der Waals surface area contributed by atoms with Gasteiger partial charge in [0.25, 0.3) is 0 Å². The molecule has 1 heterocycles. The fourth-order valence-corrected chi connectivity index (χ4v) is 2.44. The van der Waals surface area contributed by atoms with Gasteiger partial charge in [-0.25, -0.2) is 0 Å². The monoisotopic (exact) mass is 296 g/mol. The van der Waals surface area contributed by atoms with E-state index in [0.29, 0.717) is 16.4 Å². The number of anilines is 2. The first-order valence-electron chi connectivity index (χ1n) is 6.76. The summed E-state index contributed by atoms with van der Waals surface area (Å²) in [5, 5.41) is 3.43. The number of nitrogen functional groups attached to an aromatic ring is 1. The molecule has 3 N–H and O–H groups in total. The Labute approximate surface area is 124 Å². The number of nitrogens with zero attached hydrogens (tertiary/aromatic N) is 2. The van der Waals surface area contributed by atoms with Crippen LogP contribution in [-0.4, -0.2) is 55.0 Å². The minimum atomic E-state index is -0.168. The normalized spacial score (nSPS) is 18.8. The molecule has 5 nitrogen and oxygen atoms in total. The number of nitrogens with two attached hydrogens (primary N) is 1. The minimum absolute atomic E-state index is 0.0384. The van der Waals surface area contributed by atoms with Gasteiger partial charge in [0.15, 0.2) is 0 Å². The zero-order chi connectivity index (χ0) is 14.7. The number of hydrogen-bond acceptors (Lipinski definition) is 4. The lowest BCUT2D eigenvalue weighted by molar-refractivity contribution is -0.121. The van der Waals surface area contributed by atoms with Gasteiger partial charge in [0.05, 0.1) is 17.4 Å². The molecule has 1 aliphatic heterocycles. The van der Waals surface area contributed by atoms with Crippen molar-refractivity contribution in [2.75, 3.05) is 44.3 Å². The maximum atomic E-state index is 12.3. The number of hydrogen-bond donors (Lipinski definition) is 2. The third-order valence-corrected chi connectivity index (χ3v) is 3.97. The number of rotatable bonds is 3. The van der Waals surface area contributed by atoms with Gasteiger partial charge < -0.3 is 16.0 Å². The van der Waals surface area contributed by atoms with Crippen LogP contribution >= 0.6 is 11.6 Å². The zero-order valence-electron chi connectivity index (χ0n) is 11.9. The Hall–Kier alpha value is -1.30. The molecule has 1 saturated heterocycles. The predicted octanol–water partition coefficient (Wildman–Crippen LogP) is 1.50. The van der Waals surface area contributed by atoms with E-state index in [-0.39, 0.29) is 11.9 Å². The number of nitrogens with one attached hydrogen (secondary N) is 1. The molecule has 6 heteroatoms. The highest BCUT2D eigenvalue weighted by molar-refractivity contribution is 6.31. The summed E-state index contributed by atoms with van der Waals surface area (Å²) < 4.78 is 0. The minimum Gasteiger partial charge on any atom is -0.397 e. The molecule has 1 atom stereocenters. The molecule has 1 aliphatic rings. The molecule has 1 unspecified atom stereocenters. The molecule has 1 aromatic rings. The van der Waals surface area contributed by atoms with Crippen molar-refractivity contribution in [3.05, 3.63) is 23.2 Å². The van der Waals surface area contributed by atoms with Gasteiger partial charge in [0, 0.05) is 31.2 Å². The molecule has 2 rings (SSSR count). The largest absolute Gasteiger partial charge is 0.397 e. The Morgan fingerprint density at radius 2 is 2.00 bits per heavy atom. The smallest absolute Gasteiger partial charge is 0.241 e. The van der Waals surface area contributed by atoms with E-state index in [4.69, 9.17) is 17.3 Å². The van der Waals surface area contributed by atoms with Crippen LogP contribution < -0.4 is 11.1 Å². The second kappa shape index (κ2) is 6.43. The molecular formula is C14H21ClN4O. The highest BCUT2D eigenvalue weighted by Gasteiger charge is 2.24. The van der Waals surface area contributed by atoms with Gasteiger partial charge in [0.2, 0.25) is 5.91 Å². The van der Waals surface area contributed by atoms with Gasteiger partial charge in [0.1, 0.15) is 0 Å². The van der Waals surface area contributed by atoms with Crippen LogP contribution in [0, 0.1) is 0 Å². The number of halogens is 1. The predicted molar refractivity (Wildman–Crippen MR) is 83.0 cm³/mol. The van der Waals surface area contributed by atoms with Crippen molar-refractivity contribution in [1.29, 1.82) is 0 Å². The van der Waals surface area contributed by atoms with Gasteiger partial charge >= 0.3 is 0 Å². The summed E-state index contributed by atoms with van der Waals surface area (Å²) in [5.74, 6) is -0.0384. The Balaban J connectivity index is 1.97. The van der Waals surface area contributed by atoms with E-state index < -0.39 is 0 Å². The maximum Gasteiger partial charge on any atom is 0.241 e. The molecule has 110 valence electrons. The van der Waals surface area contributed by atoms with Gasteiger partial charge in [-0.3, -0.25) is 9.69 Å². The number of likely N-dealkylation sites (N-methyl/N-ethyl adjacent to an activating group) is 1. The molecule has 1 fully saturated rings. The summed E-state index contributed by atoms with van der Waals surface area (Å²) in [7, 11) is 2.09. The highest BCUT2D eigenvalue weighted by atomic mass is 35.5. The summed E-state index contributed by atoms with van der Waals surface area (Å²) in [6.45, 7) is 5.70. The lowest BCUT2D eigenvalue weighted by Crippen LogP contribution is -2.51. The topological polar surface area (TPSA) is 61.6 Å². The molecule has 0 aliphatic carbocycles. The van der Waals surface area contributed by atoms with Crippen molar-refractivity contribution in [2.24, 2.45) is 0 Å². The van der Waals surface area contributed by atoms with E-state index in [1.54, 1.807) is 18.2 Å². The van der Waals surface area contributed by atoms with Crippen LogP contribution in [0.15, 0.2) is 18.2 Å². The van der Waals surface area contributed by atoms with Crippen molar-refractivity contribution in [2.45, 2.75) is 13.0 Å². The second-order valence-corrected chi connectivity index (χ2v) is 5.67. The molecular weight excluding hydrogens is 276 g/mol. The summed E-state index contributed by atoms with van der Waals surface area (Å²) in [5.41, 5.74) is 6.94. The van der Waals surface area contributed by atoms with Crippen molar-refractivity contribution in [3.8, 4) is 0 Å². The highest BCUT2D eigenvalue weighted by Crippen LogP contribution is 2.23. The Morgan fingerprint density at radius 1 is 1.35 bits per heavy atom. The molecule has 0 bridgehead atoms. The number of amides is 1. The van der Waals surface area contributed by atoms with Crippen molar-refractivity contribution in [3.63, 3.8) is 0 Å². The van der Waals surface area contributed by atoms with E-state index >= 15 is 0 Å². The molecule has 1 aromatic carbocycles. The van der Waals surface area contributed by atoms with Gasteiger partial charge in [-0.05, 0) is 32.2 Å². The fourth-order valence-electron chi connectivity index (χ4n) is 2.26. The number of carbonyl (C=O) groups is 1. The fraction of sp³-hybridized carbons (Fsp3) is 0.500. The van der Waals surface area contributed by atoms with E-state index in [2.05, 4.69) is 22.2 Å². The molecule has 0 spiro atoms. The molecule has 0 aromatic heterocycles. The second-order valence-electron chi connectivity index (χ2n) is 5.24. The maximum absolute atomic E-state index is 12.3. The van der Waals surface area contributed by atoms with Gasteiger partial charge in [-0.2, -0.15) is 0 Å². The Bertz CT molecular complexity index is 486. The van der Waals surface area contributed by atoms with Gasteiger partial charge in [-0.15, -0.1) is 0 Å². The summed E-state index contributed by atoms with van der Waals surface area (Å²) in [4.78, 5) is 16.7. The third kappa shape index (κ3) is 3.62. The Kier molecular flexibility index (Phi) is 4.86. The van der Waals surface area contributed by atoms with Crippen molar-refractivity contribution < 1.29 is 4.79 Å². The van der Waals surface area contributed by atoms with Crippen molar-refractivity contribution in [1.82, 2.24) is 9.80 Å². The number of piperazine rings is 1. The van der Waals surface area contributed by atoms with Crippen LogP contribution in [-0.2, 0) is 4.79 Å². The van der Waals surface area contributed by atoms with Crippen LogP contribution in [0.5, 0.6) is 0 Å². The van der Waals surface area contributed by atoms with Crippen LogP contribution in [0.1, 0.15) is 6.92 Å². The van der Waals surface area contributed by atoms with E-state index in [9.17, 15) is 4.79 Å². The first-order valence-corrected chi connectivity index (χ1v) is 7.13. The van der Waals surface area contributed by atoms with Crippen LogP contribution in [0.3, 0.4) is 0 Å². The first kappa shape index (κ1) is 15.1. The standard InChI is InChI=1S/C14H21ClN4O/c1-10(19-7-5-18(2)6-8-19)14(20)17-13-4-3-11(15)9-12(13)16/h3-4,9-10H,5-8,16H2,1-2H3,(H,17,20). The van der Waals surface area contributed by atoms with Crippen molar-refractivity contribution >= 4 is 28.9 Å². The number of carbonyl (C=O) groups excluding carboxylic acids is 1. The van der Waals surface area contributed by atoms with Crippen LogP contribution in [0.2, 0.25) is 5.02 Å². The lowest BCUT2D eigenvalue weighted by Gasteiger charge is -2.35.